The summed E-state index contributed by atoms with van der Waals surface area (Å²) in [7, 11) is 0. The summed E-state index contributed by atoms with van der Waals surface area (Å²) in [5.41, 5.74) is 0. The van der Waals surface area contributed by atoms with Crippen LogP contribution in [0.15, 0.2) is 0 Å². The molecule has 0 aliphatic rings. The summed E-state index contributed by atoms with van der Waals surface area (Å²) in [5.74, 6) is -0.00926. The maximum absolute atomic E-state index is 9.29. The van der Waals surface area contributed by atoms with Crippen molar-refractivity contribution >= 4 is 0 Å². The molecule has 0 aliphatic heterocycles. The largest absolute Gasteiger partial charge is 0.393 e. The Labute approximate surface area is 74.0 Å². The molecular weight excluding hydrogens is 156 g/mol. The van der Waals surface area contributed by atoms with Crippen molar-refractivity contribution in [3.8, 4) is 0 Å². The van der Waals surface area contributed by atoms with Crippen LogP contribution in [-0.4, -0.2) is 33.6 Å². The van der Waals surface area contributed by atoms with E-state index in [1.165, 1.54) is 0 Å². The van der Waals surface area contributed by atoms with Gasteiger partial charge in [0.2, 0.25) is 0 Å². The van der Waals surface area contributed by atoms with E-state index < -0.39 is 18.3 Å². The smallest absolute Gasteiger partial charge is 0.0542 e. The Morgan fingerprint density at radius 1 is 0.833 bits per heavy atom. The fraction of sp³-hybridized carbons (Fsp3) is 1.00. The topological polar surface area (TPSA) is 60.7 Å². The molecule has 0 heterocycles. The van der Waals surface area contributed by atoms with Gasteiger partial charge in [-0.1, -0.05) is 0 Å². The zero-order chi connectivity index (χ0) is 9.72. The van der Waals surface area contributed by atoms with E-state index in [4.69, 9.17) is 10.2 Å². The minimum absolute atomic E-state index is 0.00926. The molecule has 74 valence electrons. The van der Waals surface area contributed by atoms with Gasteiger partial charge in [0, 0.05) is 0 Å². The molecule has 3 atom stereocenters. The molecule has 0 spiro atoms. The third-order valence-corrected chi connectivity index (χ3v) is 1.97. The van der Waals surface area contributed by atoms with Gasteiger partial charge in [0.15, 0.2) is 0 Å². The van der Waals surface area contributed by atoms with Gasteiger partial charge < -0.3 is 15.3 Å². The fourth-order valence-corrected chi connectivity index (χ4v) is 1.37. The van der Waals surface area contributed by atoms with Crippen molar-refractivity contribution in [2.45, 2.75) is 51.9 Å². The first-order valence-electron chi connectivity index (χ1n) is 4.47. The van der Waals surface area contributed by atoms with Crippen LogP contribution in [0.3, 0.4) is 0 Å². The number of hydrogen-bond acceptors (Lipinski definition) is 3. The van der Waals surface area contributed by atoms with E-state index in [2.05, 4.69) is 0 Å². The van der Waals surface area contributed by atoms with Crippen molar-refractivity contribution in [1.82, 2.24) is 0 Å². The van der Waals surface area contributed by atoms with Crippen molar-refractivity contribution in [1.29, 1.82) is 0 Å². The van der Waals surface area contributed by atoms with Crippen molar-refractivity contribution in [2.24, 2.45) is 5.92 Å². The van der Waals surface area contributed by atoms with Gasteiger partial charge in [-0.2, -0.15) is 0 Å². The summed E-state index contributed by atoms with van der Waals surface area (Å²) in [4.78, 5) is 0. The molecule has 0 saturated heterocycles. The molecule has 3 N–H and O–H groups in total. The van der Waals surface area contributed by atoms with Gasteiger partial charge in [-0.25, -0.2) is 0 Å². The van der Waals surface area contributed by atoms with Crippen LogP contribution in [-0.2, 0) is 0 Å². The highest BCUT2D eigenvalue weighted by atomic mass is 16.3. The second-order valence-corrected chi connectivity index (χ2v) is 3.67. The molecule has 0 aromatic carbocycles. The number of aliphatic hydroxyl groups excluding tert-OH is 3. The van der Waals surface area contributed by atoms with Gasteiger partial charge in [0.1, 0.15) is 0 Å². The average molecular weight is 176 g/mol. The summed E-state index contributed by atoms with van der Waals surface area (Å²) in [6, 6.07) is 0. The molecule has 0 saturated carbocycles. The van der Waals surface area contributed by atoms with Crippen LogP contribution >= 0.6 is 0 Å². The number of rotatable bonds is 5. The fourth-order valence-electron chi connectivity index (χ4n) is 1.37. The lowest BCUT2D eigenvalue weighted by molar-refractivity contribution is 0.0467. The lowest BCUT2D eigenvalue weighted by Gasteiger charge is -2.22. The summed E-state index contributed by atoms with van der Waals surface area (Å²) >= 11 is 0. The average Bonchev–Trinajstić information content (AvgIpc) is 1.83. The minimum atomic E-state index is -0.464. The Bertz CT molecular complexity index is 100. The molecule has 3 unspecified atom stereocenters. The third-order valence-electron chi connectivity index (χ3n) is 1.97. The monoisotopic (exact) mass is 176 g/mol. The first-order valence-corrected chi connectivity index (χ1v) is 4.47. The maximum Gasteiger partial charge on any atom is 0.0542 e. The highest BCUT2D eigenvalue weighted by molar-refractivity contribution is 4.69. The second-order valence-electron chi connectivity index (χ2n) is 3.67. The van der Waals surface area contributed by atoms with Crippen LogP contribution in [0.4, 0.5) is 0 Å². The van der Waals surface area contributed by atoms with Crippen molar-refractivity contribution < 1.29 is 15.3 Å². The standard InChI is InChI=1S/C9H20O3/c1-6(10)4-9(8(3)12)5-7(2)11/h6-12H,4-5H2,1-3H3. The van der Waals surface area contributed by atoms with Crippen LogP contribution < -0.4 is 0 Å². The van der Waals surface area contributed by atoms with Crippen LogP contribution in [0.25, 0.3) is 0 Å². The summed E-state index contributed by atoms with van der Waals surface area (Å²) in [6.07, 6.45) is -0.202. The van der Waals surface area contributed by atoms with E-state index in [9.17, 15) is 5.11 Å². The Hall–Kier alpha value is -0.120. The first kappa shape index (κ1) is 11.9. The van der Waals surface area contributed by atoms with Gasteiger partial charge in [0.25, 0.3) is 0 Å². The predicted octanol–water partition coefficient (Wildman–Crippen LogP) is 0.525. The van der Waals surface area contributed by atoms with Crippen LogP contribution in [0.1, 0.15) is 33.6 Å². The Kier molecular flexibility index (Phi) is 5.46. The Balaban J connectivity index is 3.87. The van der Waals surface area contributed by atoms with Crippen molar-refractivity contribution in [2.75, 3.05) is 0 Å². The first-order chi connectivity index (χ1) is 5.43. The second kappa shape index (κ2) is 5.51. The number of aliphatic hydroxyl groups is 3. The highest BCUT2D eigenvalue weighted by Gasteiger charge is 2.18. The molecule has 0 aromatic heterocycles. The van der Waals surface area contributed by atoms with Crippen LogP contribution in [0, 0.1) is 5.92 Å². The molecule has 3 heteroatoms. The zero-order valence-electron chi connectivity index (χ0n) is 8.07. The quantitative estimate of drug-likeness (QED) is 0.572. The third kappa shape index (κ3) is 5.52. The molecule has 0 fully saturated rings. The molecule has 0 aromatic rings. The molecule has 0 amide bonds. The molecule has 0 aliphatic carbocycles. The van der Waals surface area contributed by atoms with E-state index >= 15 is 0 Å². The summed E-state index contributed by atoms with van der Waals surface area (Å²) in [5, 5.41) is 27.5. The number of hydrogen-bond donors (Lipinski definition) is 3. The van der Waals surface area contributed by atoms with E-state index in [1.807, 2.05) is 0 Å². The molecule has 0 bridgehead atoms. The lowest BCUT2D eigenvalue weighted by atomic mass is 9.91. The highest BCUT2D eigenvalue weighted by Crippen LogP contribution is 2.17. The molecule has 0 rings (SSSR count). The van der Waals surface area contributed by atoms with Gasteiger partial charge in [-0.15, -0.1) is 0 Å². The van der Waals surface area contributed by atoms with Crippen LogP contribution in [0.5, 0.6) is 0 Å². The van der Waals surface area contributed by atoms with Gasteiger partial charge in [-0.05, 0) is 39.5 Å². The molecule has 12 heavy (non-hydrogen) atoms. The zero-order valence-corrected chi connectivity index (χ0v) is 8.07. The van der Waals surface area contributed by atoms with E-state index in [0.29, 0.717) is 12.8 Å². The Morgan fingerprint density at radius 2 is 1.17 bits per heavy atom. The minimum Gasteiger partial charge on any atom is -0.393 e. The van der Waals surface area contributed by atoms with E-state index in [1.54, 1.807) is 20.8 Å². The van der Waals surface area contributed by atoms with Gasteiger partial charge in [0.05, 0.1) is 18.3 Å². The maximum atomic E-state index is 9.29. The van der Waals surface area contributed by atoms with Gasteiger partial charge in [-0.3, -0.25) is 0 Å². The van der Waals surface area contributed by atoms with Crippen molar-refractivity contribution in [3.63, 3.8) is 0 Å². The van der Waals surface area contributed by atoms with Crippen LogP contribution in [0.2, 0.25) is 0 Å². The summed E-state index contributed by atoms with van der Waals surface area (Å²) in [6.45, 7) is 5.07. The molecule has 0 radical (unpaired) electrons. The van der Waals surface area contributed by atoms with Gasteiger partial charge >= 0.3 is 0 Å². The summed E-state index contributed by atoms with van der Waals surface area (Å²) < 4.78 is 0. The predicted molar refractivity (Wildman–Crippen MR) is 47.8 cm³/mol. The SMILES string of the molecule is CC(O)CC(CC(C)O)C(C)O. The van der Waals surface area contributed by atoms with E-state index in [-0.39, 0.29) is 5.92 Å². The Morgan fingerprint density at radius 3 is 1.33 bits per heavy atom. The normalized spacial score (nSPS) is 21.5. The molecular formula is C9H20O3. The van der Waals surface area contributed by atoms with E-state index in [0.717, 1.165) is 0 Å². The lowest BCUT2D eigenvalue weighted by Crippen LogP contribution is -2.24. The molecule has 3 nitrogen and oxygen atoms in total. The van der Waals surface area contributed by atoms with Crippen molar-refractivity contribution in [3.05, 3.63) is 0 Å².